The summed E-state index contributed by atoms with van der Waals surface area (Å²) in [6.07, 6.45) is 0. The fourth-order valence-electron chi connectivity index (χ4n) is 1.29. The van der Waals surface area contributed by atoms with Gasteiger partial charge in [0.2, 0.25) is 0 Å². The van der Waals surface area contributed by atoms with Crippen LogP contribution in [-0.4, -0.2) is 5.91 Å². The Balaban J connectivity index is 2.71. The van der Waals surface area contributed by atoms with Crippen LogP contribution in [0, 0.1) is 5.82 Å². The number of fused-ring (bicyclic) bond motifs is 1. The Labute approximate surface area is 68.4 Å². The number of carbonyl (C=O) groups excluding carboxylic acids is 1. The monoisotopic (exact) mass is 166 g/mol. The number of halogens is 1. The summed E-state index contributed by atoms with van der Waals surface area (Å²) in [5, 5.41) is 2.52. The number of nitrogens with two attached hydrogens (primary N) is 1. The number of carbonyl (C=O) groups is 1. The van der Waals surface area contributed by atoms with Crippen molar-refractivity contribution in [1.29, 1.82) is 0 Å². The van der Waals surface area contributed by atoms with Crippen molar-refractivity contribution in [1.82, 2.24) is 5.32 Å². The van der Waals surface area contributed by atoms with E-state index in [-0.39, 0.29) is 17.2 Å². The van der Waals surface area contributed by atoms with Crippen LogP contribution in [0.1, 0.15) is 15.9 Å². The highest BCUT2D eigenvalue weighted by Gasteiger charge is 2.23. The third kappa shape index (κ3) is 0.777. The van der Waals surface area contributed by atoms with Crippen LogP contribution in [0.15, 0.2) is 12.1 Å². The maximum Gasteiger partial charge on any atom is 0.254 e. The number of amides is 1. The number of hydrogen-bond donors (Lipinski definition) is 2. The van der Waals surface area contributed by atoms with Gasteiger partial charge in [0.05, 0.1) is 11.3 Å². The lowest BCUT2D eigenvalue weighted by Gasteiger charge is -1.99. The van der Waals surface area contributed by atoms with Crippen LogP contribution in [0.3, 0.4) is 0 Å². The maximum absolute atomic E-state index is 13.2. The van der Waals surface area contributed by atoms with Crippen LogP contribution in [0.25, 0.3) is 0 Å². The lowest BCUT2D eigenvalue weighted by atomic mass is 10.1. The largest absolute Gasteiger partial charge is 0.396 e. The molecule has 0 aliphatic carbocycles. The van der Waals surface area contributed by atoms with E-state index < -0.39 is 5.82 Å². The van der Waals surface area contributed by atoms with E-state index in [4.69, 9.17) is 5.73 Å². The average molecular weight is 166 g/mol. The first-order valence-corrected chi connectivity index (χ1v) is 3.55. The predicted octanol–water partition coefficient (Wildman–Crippen LogP) is 0.651. The van der Waals surface area contributed by atoms with E-state index in [0.717, 1.165) is 0 Å². The van der Waals surface area contributed by atoms with E-state index in [1.807, 2.05) is 0 Å². The van der Waals surface area contributed by atoms with E-state index in [0.29, 0.717) is 12.1 Å². The third-order valence-electron chi connectivity index (χ3n) is 1.92. The first-order chi connectivity index (χ1) is 5.70. The van der Waals surface area contributed by atoms with Crippen molar-refractivity contribution in [3.63, 3.8) is 0 Å². The maximum atomic E-state index is 13.2. The number of anilines is 1. The van der Waals surface area contributed by atoms with Crippen LogP contribution >= 0.6 is 0 Å². The Bertz CT molecular complexity index is 362. The Morgan fingerprint density at radius 2 is 2.25 bits per heavy atom. The first-order valence-electron chi connectivity index (χ1n) is 3.55. The standard InChI is InChI=1S/C8H7FN2O/c9-7-5(10)2-1-4-3-11-8(12)6(4)7/h1-2H,3,10H2,(H,11,12). The highest BCUT2D eigenvalue weighted by atomic mass is 19.1. The van der Waals surface area contributed by atoms with E-state index in [9.17, 15) is 9.18 Å². The first kappa shape index (κ1) is 7.09. The van der Waals surface area contributed by atoms with Crippen molar-refractivity contribution in [3.8, 4) is 0 Å². The molecular weight excluding hydrogens is 159 g/mol. The van der Waals surface area contributed by atoms with Crippen LogP contribution in [0.4, 0.5) is 10.1 Å². The second-order valence-electron chi connectivity index (χ2n) is 2.69. The number of hydrogen-bond acceptors (Lipinski definition) is 2. The Morgan fingerprint density at radius 1 is 1.50 bits per heavy atom. The normalized spacial score (nSPS) is 14.2. The van der Waals surface area contributed by atoms with Gasteiger partial charge in [-0.25, -0.2) is 4.39 Å². The summed E-state index contributed by atoms with van der Waals surface area (Å²) < 4.78 is 13.2. The lowest BCUT2D eigenvalue weighted by molar-refractivity contribution is 0.0962. The number of benzene rings is 1. The van der Waals surface area contributed by atoms with Crippen LogP contribution in [0.2, 0.25) is 0 Å². The molecule has 1 amide bonds. The van der Waals surface area contributed by atoms with Crippen LogP contribution in [0.5, 0.6) is 0 Å². The van der Waals surface area contributed by atoms with Gasteiger partial charge in [-0.15, -0.1) is 0 Å². The molecule has 4 heteroatoms. The lowest BCUT2D eigenvalue weighted by Crippen LogP contribution is -2.13. The Kier molecular flexibility index (Phi) is 1.30. The zero-order valence-electron chi connectivity index (χ0n) is 6.23. The van der Waals surface area contributed by atoms with Crippen molar-refractivity contribution < 1.29 is 9.18 Å². The minimum Gasteiger partial charge on any atom is -0.396 e. The van der Waals surface area contributed by atoms with Gasteiger partial charge in [-0.2, -0.15) is 0 Å². The summed E-state index contributed by atoms with van der Waals surface area (Å²) in [5.74, 6) is -0.989. The summed E-state index contributed by atoms with van der Waals surface area (Å²) in [4.78, 5) is 11.0. The van der Waals surface area contributed by atoms with Crippen molar-refractivity contribution in [2.75, 3.05) is 5.73 Å². The van der Waals surface area contributed by atoms with E-state index in [1.165, 1.54) is 6.07 Å². The molecule has 1 aromatic rings. The molecule has 0 spiro atoms. The predicted molar refractivity (Wildman–Crippen MR) is 42.0 cm³/mol. The molecule has 0 fully saturated rings. The van der Waals surface area contributed by atoms with Gasteiger partial charge in [0, 0.05) is 6.54 Å². The Morgan fingerprint density at radius 3 is 3.00 bits per heavy atom. The molecule has 0 aromatic heterocycles. The molecule has 1 aliphatic heterocycles. The summed E-state index contributed by atoms with van der Waals surface area (Å²) in [6.45, 7) is 0.394. The SMILES string of the molecule is Nc1ccc2c(c1F)C(=O)NC2. The summed E-state index contributed by atoms with van der Waals surface area (Å²) >= 11 is 0. The van der Waals surface area contributed by atoms with Gasteiger partial charge in [-0.05, 0) is 11.6 Å². The zero-order valence-corrected chi connectivity index (χ0v) is 6.23. The summed E-state index contributed by atoms with van der Waals surface area (Å²) in [6, 6.07) is 3.13. The molecule has 2 rings (SSSR count). The quantitative estimate of drug-likeness (QED) is 0.556. The molecule has 1 aromatic carbocycles. The molecule has 0 unspecified atom stereocenters. The number of rotatable bonds is 0. The minimum atomic E-state index is -0.609. The fourth-order valence-corrected chi connectivity index (χ4v) is 1.29. The van der Waals surface area contributed by atoms with Crippen molar-refractivity contribution in [2.45, 2.75) is 6.54 Å². The van der Waals surface area contributed by atoms with Crippen molar-refractivity contribution in [2.24, 2.45) is 0 Å². The van der Waals surface area contributed by atoms with Gasteiger partial charge < -0.3 is 11.1 Å². The Hall–Kier alpha value is -1.58. The van der Waals surface area contributed by atoms with Crippen LogP contribution in [-0.2, 0) is 6.54 Å². The van der Waals surface area contributed by atoms with E-state index >= 15 is 0 Å². The molecule has 3 nitrogen and oxygen atoms in total. The molecule has 0 atom stereocenters. The number of nitrogen functional groups attached to an aromatic ring is 1. The third-order valence-corrected chi connectivity index (χ3v) is 1.92. The molecule has 1 heterocycles. The molecule has 0 bridgehead atoms. The average Bonchev–Trinajstić information content (AvgIpc) is 2.41. The van der Waals surface area contributed by atoms with Gasteiger partial charge >= 0.3 is 0 Å². The van der Waals surface area contributed by atoms with Gasteiger partial charge in [0.15, 0.2) is 5.82 Å². The molecule has 3 N–H and O–H groups in total. The fraction of sp³-hybridized carbons (Fsp3) is 0.125. The molecule has 12 heavy (non-hydrogen) atoms. The molecule has 0 saturated heterocycles. The second-order valence-corrected chi connectivity index (χ2v) is 2.69. The zero-order chi connectivity index (χ0) is 8.72. The van der Waals surface area contributed by atoms with Gasteiger partial charge in [-0.3, -0.25) is 4.79 Å². The molecule has 0 saturated carbocycles. The number of nitrogens with one attached hydrogen (secondary N) is 1. The molecule has 0 radical (unpaired) electrons. The molecule has 1 aliphatic rings. The van der Waals surface area contributed by atoms with Gasteiger partial charge in [-0.1, -0.05) is 6.07 Å². The van der Waals surface area contributed by atoms with Gasteiger partial charge in [0.25, 0.3) is 5.91 Å². The van der Waals surface area contributed by atoms with E-state index in [1.54, 1.807) is 6.07 Å². The topological polar surface area (TPSA) is 55.1 Å². The van der Waals surface area contributed by atoms with Crippen molar-refractivity contribution >= 4 is 11.6 Å². The highest BCUT2D eigenvalue weighted by molar-refractivity contribution is 5.99. The van der Waals surface area contributed by atoms with E-state index in [2.05, 4.69) is 5.32 Å². The van der Waals surface area contributed by atoms with Crippen molar-refractivity contribution in [3.05, 3.63) is 29.1 Å². The minimum absolute atomic E-state index is 0.0193. The highest BCUT2D eigenvalue weighted by Crippen LogP contribution is 2.22. The smallest absolute Gasteiger partial charge is 0.254 e. The summed E-state index contributed by atoms with van der Waals surface area (Å²) in [5.41, 5.74) is 6.08. The van der Waals surface area contributed by atoms with Gasteiger partial charge in [0.1, 0.15) is 0 Å². The summed E-state index contributed by atoms with van der Waals surface area (Å²) in [7, 11) is 0. The molecule has 62 valence electrons. The van der Waals surface area contributed by atoms with Crippen LogP contribution < -0.4 is 11.1 Å². The molecular formula is C8H7FN2O. The second kappa shape index (κ2) is 2.20.